The number of carbonyl (C=O) groups is 2. The highest BCUT2D eigenvalue weighted by Crippen LogP contribution is 2.36. The maximum Gasteiger partial charge on any atom is 0.328 e. The Kier molecular flexibility index (Phi) is 4.55. The lowest BCUT2D eigenvalue weighted by molar-refractivity contribution is -0.122. The summed E-state index contributed by atoms with van der Waals surface area (Å²) in [5, 5.41) is 2.54. The van der Waals surface area contributed by atoms with Gasteiger partial charge in [0.2, 0.25) is 0 Å². The third-order valence-corrected chi connectivity index (χ3v) is 3.32. The summed E-state index contributed by atoms with van der Waals surface area (Å²) in [7, 11) is 4.54. The molecule has 7 nitrogen and oxygen atoms in total. The summed E-state index contributed by atoms with van der Waals surface area (Å²) in [5.74, 6) is 1.13. The second-order valence-electron chi connectivity index (χ2n) is 4.48. The predicted octanol–water partition coefficient (Wildman–Crippen LogP) is 1.62. The molecule has 1 aromatic rings. The normalized spacial score (nSPS) is 16.0. The van der Waals surface area contributed by atoms with Crippen LogP contribution >= 0.6 is 0 Å². The van der Waals surface area contributed by atoms with Gasteiger partial charge in [-0.3, -0.25) is 9.69 Å². The minimum Gasteiger partial charge on any atom is -0.496 e. The van der Waals surface area contributed by atoms with Crippen LogP contribution in [0.2, 0.25) is 0 Å². The maximum atomic E-state index is 12.1. The number of ether oxygens (including phenoxy) is 3. The number of amides is 3. The number of urea groups is 1. The predicted molar refractivity (Wildman–Crippen MR) is 80.0 cm³/mol. The zero-order valence-electron chi connectivity index (χ0n) is 12.9. The first-order valence-corrected chi connectivity index (χ1v) is 6.70. The molecule has 1 saturated heterocycles. The molecule has 1 heterocycles. The first-order chi connectivity index (χ1) is 10.5. The number of hydrogen-bond donors (Lipinski definition) is 1. The van der Waals surface area contributed by atoms with E-state index >= 15 is 0 Å². The van der Waals surface area contributed by atoms with Crippen molar-refractivity contribution in [3.63, 3.8) is 0 Å². The van der Waals surface area contributed by atoms with Gasteiger partial charge >= 0.3 is 6.03 Å². The average Bonchev–Trinajstić information content (AvgIpc) is 2.80. The number of rotatable bonds is 5. The molecule has 0 aliphatic carbocycles. The van der Waals surface area contributed by atoms with Crippen LogP contribution in [0.3, 0.4) is 0 Å². The van der Waals surface area contributed by atoms with E-state index in [1.165, 1.54) is 27.4 Å². The van der Waals surface area contributed by atoms with Crippen LogP contribution in [-0.4, -0.2) is 44.7 Å². The van der Waals surface area contributed by atoms with Crippen molar-refractivity contribution in [3.8, 4) is 17.2 Å². The fourth-order valence-electron chi connectivity index (χ4n) is 2.18. The number of nitrogens with zero attached hydrogens (tertiary/aromatic N) is 1. The molecule has 3 amide bonds. The van der Waals surface area contributed by atoms with Gasteiger partial charge in [0.1, 0.15) is 22.9 Å². The van der Waals surface area contributed by atoms with Gasteiger partial charge < -0.3 is 19.5 Å². The molecule has 0 spiro atoms. The van der Waals surface area contributed by atoms with Crippen LogP contribution in [0.1, 0.15) is 12.5 Å². The third-order valence-electron chi connectivity index (χ3n) is 3.32. The van der Waals surface area contributed by atoms with Crippen molar-refractivity contribution in [1.29, 1.82) is 0 Å². The second-order valence-corrected chi connectivity index (χ2v) is 4.48. The van der Waals surface area contributed by atoms with E-state index in [9.17, 15) is 9.59 Å². The smallest absolute Gasteiger partial charge is 0.328 e. The second kappa shape index (κ2) is 6.38. The summed E-state index contributed by atoms with van der Waals surface area (Å²) in [4.78, 5) is 25.0. The van der Waals surface area contributed by atoms with Crippen LogP contribution in [0, 0.1) is 0 Å². The molecule has 0 atom stereocenters. The molecular weight excluding hydrogens is 288 g/mol. The lowest BCUT2D eigenvalue weighted by atomic mass is 10.1. The Morgan fingerprint density at radius 2 is 1.68 bits per heavy atom. The van der Waals surface area contributed by atoms with Gasteiger partial charge in [-0.15, -0.1) is 0 Å². The number of nitrogens with one attached hydrogen (secondary N) is 1. The van der Waals surface area contributed by atoms with Gasteiger partial charge in [0.05, 0.1) is 26.9 Å². The van der Waals surface area contributed by atoms with Gasteiger partial charge in [-0.1, -0.05) is 0 Å². The van der Waals surface area contributed by atoms with E-state index in [0.29, 0.717) is 29.4 Å². The fourth-order valence-corrected chi connectivity index (χ4v) is 2.18. The van der Waals surface area contributed by atoms with Gasteiger partial charge in [0.25, 0.3) is 5.91 Å². The highest BCUT2D eigenvalue weighted by Gasteiger charge is 2.32. The highest BCUT2D eigenvalue weighted by molar-refractivity contribution is 6.14. The molecule has 1 aliphatic rings. The summed E-state index contributed by atoms with van der Waals surface area (Å²) in [5.41, 5.74) is 0.723. The summed E-state index contributed by atoms with van der Waals surface area (Å²) in [6.07, 6.45) is 1.53. The number of benzene rings is 1. The molecule has 2 rings (SSSR count). The zero-order valence-corrected chi connectivity index (χ0v) is 12.9. The Morgan fingerprint density at radius 3 is 2.09 bits per heavy atom. The van der Waals surface area contributed by atoms with Crippen LogP contribution in [0.25, 0.3) is 6.08 Å². The largest absolute Gasteiger partial charge is 0.496 e. The van der Waals surface area contributed by atoms with Crippen molar-refractivity contribution in [2.45, 2.75) is 6.92 Å². The summed E-state index contributed by atoms with van der Waals surface area (Å²) >= 11 is 0. The lowest BCUT2D eigenvalue weighted by Crippen LogP contribution is -2.30. The molecule has 118 valence electrons. The minimum atomic E-state index is -0.440. The Morgan fingerprint density at radius 1 is 1.09 bits per heavy atom. The lowest BCUT2D eigenvalue weighted by Gasteiger charge is -2.13. The third kappa shape index (κ3) is 2.69. The average molecular weight is 306 g/mol. The van der Waals surface area contributed by atoms with Gasteiger partial charge in [0, 0.05) is 18.7 Å². The minimum absolute atomic E-state index is 0.175. The summed E-state index contributed by atoms with van der Waals surface area (Å²) in [6, 6.07) is 2.91. The van der Waals surface area contributed by atoms with Crippen molar-refractivity contribution in [3.05, 3.63) is 23.4 Å². The van der Waals surface area contributed by atoms with Crippen LogP contribution in [0.15, 0.2) is 17.8 Å². The van der Waals surface area contributed by atoms with Gasteiger partial charge in [0.15, 0.2) is 0 Å². The topological polar surface area (TPSA) is 77.1 Å². The molecule has 0 aromatic heterocycles. The van der Waals surface area contributed by atoms with E-state index in [1.54, 1.807) is 19.1 Å². The Balaban J connectivity index is 2.51. The molecular formula is C15H18N2O5. The molecule has 0 unspecified atom stereocenters. The number of carbonyl (C=O) groups excluding carboxylic acids is 2. The van der Waals surface area contributed by atoms with E-state index in [2.05, 4.69) is 5.32 Å². The van der Waals surface area contributed by atoms with Gasteiger partial charge in [-0.05, 0) is 13.0 Å². The van der Waals surface area contributed by atoms with E-state index < -0.39 is 6.03 Å². The van der Waals surface area contributed by atoms with E-state index in [1.807, 2.05) is 0 Å². The Hall–Kier alpha value is -2.70. The maximum absolute atomic E-state index is 12.1. The molecule has 22 heavy (non-hydrogen) atoms. The molecule has 7 heteroatoms. The standard InChI is InChI=1S/C15H18N2O5/c1-5-17-14(18)11(16-15(17)19)8-10-12(21-3)6-9(20-2)7-13(10)22-4/h6-8H,5H2,1-4H3,(H,16,19). The van der Waals surface area contributed by atoms with E-state index in [4.69, 9.17) is 14.2 Å². The zero-order chi connectivity index (χ0) is 16.3. The van der Waals surface area contributed by atoms with Crippen LogP contribution in [0.4, 0.5) is 4.79 Å². The quantitative estimate of drug-likeness (QED) is 0.661. The van der Waals surface area contributed by atoms with Crippen LogP contribution < -0.4 is 19.5 Å². The summed E-state index contributed by atoms with van der Waals surface area (Å²) < 4.78 is 15.8. The van der Waals surface area contributed by atoms with Crippen molar-refractivity contribution in [2.24, 2.45) is 0 Å². The molecule has 0 saturated carbocycles. The number of methoxy groups -OCH3 is 3. The van der Waals surface area contributed by atoms with Crippen molar-refractivity contribution < 1.29 is 23.8 Å². The Labute approximate surface area is 128 Å². The molecule has 1 aromatic carbocycles. The monoisotopic (exact) mass is 306 g/mol. The molecule has 0 radical (unpaired) electrons. The number of hydrogen-bond acceptors (Lipinski definition) is 5. The number of likely N-dealkylation sites (N-methyl/N-ethyl adjacent to an activating group) is 1. The molecule has 1 aliphatic heterocycles. The van der Waals surface area contributed by atoms with Gasteiger partial charge in [-0.25, -0.2) is 4.79 Å². The molecule has 0 bridgehead atoms. The highest BCUT2D eigenvalue weighted by atomic mass is 16.5. The van der Waals surface area contributed by atoms with Gasteiger partial charge in [-0.2, -0.15) is 0 Å². The SMILES string of the molecule is CCN1C(=O)NC(=Cc2c(OC)cc(OC)cc2OC)C1=O. The van der Waals surface area contributed by atoms with Crippen molar-refractivity contribution >= 4 is 18.0 Å². The number of imide groups is 1. The van der Waals surface area contributed by atoms with Crippen molar-refractivity contribution in [2.75, 3.05) is 27.9 Å². The molecule has 1 N–H and O–H groups in total. The van der Waals surface area contributed by atoms with Crippen LogP contribution in [-0.2, 0) is 4.79 Å². The summed E-state index contributed by atoms with van der Waals surface area (Å²) in [6.45, 7) is 2.04. The Bertz CT molecular complexity index is 614. The fraction of sp³-hybridized carbons (Fsp3) is 0.333. The van der Waals surface area contributed by atoms with Crippen molar-refractivity contribution in [1.82, 2.24) is 10.2 Å². The van der Waals surface area contributed by atoms with E-state index in [-0.39, 0.29) is 11.6 Å². The molecule has 1 fully saturated rings. The van der Waals surface area contributed by atoms with Crippen LogP contribution in [0.5, 0.6) is 17.2 Å². The first kappa shape index (κ1) is 15.7. The van der Waals surface area contributed by atoms with E-state index in [0.717, 1.165) is 4.90 Å². The first-order valence-electron chi connectivity index (χ1n) is 6.70.